The van der Waals surface area contributed by atoms with Crippen molar-refractivity contribution < 1.29 is 4.79 Å². The van der Waals surface area contributed by atoms with Gasteiger partial charge in [0.15, 0.2) is 5.78 Å². The van der Waals surface area contributed by atoms with E-state index in [0.29, 0.717) is 17.0 Å². The minimum atomic E-state index is 0.159. The van der Waals surface area contributed by atoms with Crippen molar-refractivity contribution in [2.45, 2.75) is 32.1 Å². The van der Waals surface area contributed by atoms with E-state index >= 15 is 0 Å². The van der Waals surface area contributed by atoms with Crippen LogP contribution in [0.15, 0.2) is 35.3 Å². The van der Waals surface area contributed by atoms with E-state index < -0.39 is 0 Å². The second-order valence-corrected chi connectivity index (χ2v) is 5.32. The molecule has 1 aromatic rings. The van der Waals surface area contributed by atoms with Gasteiger partial charge in [0.05, 0.1) is 0 Å². The van der Waals surface area contributed by atoms with Crippen LogP contribution in [0.25, 0.3) is 0 Å². The van der Waals surface area contributed by atoms with Gasteiger partial charge >= 0.3 is 0 Å². The molecule has 0 aliphatic heterocycles. The summed E-state index contributed by atoms with van der Waals surface area (Å²) in [4.78, 5) is 11.9. The van der Waals surface area contributed by atoms with Crippen molar-refractivity contribution in [2.24, 2.45) is 0 Å². The van der Waals surface area contributed by atoms with Crippen LogP contribution in [0.1, 0.15) is 42.5 Å². The van der Waals surface area contributed by atoms with E-state index in [1.165, 1.54) is 0 Å². The first-order valence-corrected chi connectivity index (χ1v) is 6.91. The van der Waals surface area contributed by atoms with Crippen LogP contribution in [0.2, 0.25) is 5.02 Å². The summed E-state index contributed by atoms with van der Waals surface area (Å²) in [7, 11) is 0. The van der Waals surface area contributed by atoms with Gasteiger partial charge in [0.25, 0.3) is 0 Å². The number of carbonyl (C=O) groups excluding carboxylic acids is 1. The molecule has 0 saturated carbocycles. The molecule has 0 heterocycles. The quantitative estimate of drug-likeness (QED) is 0.373. The average molecular weight is 316 g/mol. The Labute approximate surface area is 116 Å². The van der Waals surface area contributed by atoms with Crippen molar-refractivity contribution >= 4 is 33.3 Å². The third-order valence-corrected chi connectivity index (χ3v) is 3.17. The third-order valence-electron chi connectivity index (χ3n) is 2.50. The van der Waals surface area contributed by atoms with Crippen LogP contribution in [0.5, 0.6) is 0 Å². The first-order valence-electron chi connectivity index (χ1n) is 5.73. The monoisotopic (exact) mass is 314 g/mol. The van der Waals surface area contributed by atoms with Crippen LogP contribution in [0.3, 0.4) is 0 Å². The fourth-order valence-electron chi connectivity index (χ4n) is 1.61. The number of hydrogen-bond acceptors (Lipinski definition) is 1. The highest BCUT2D eigenvalue weighted by atomic mass is 79.9. The molecule has 0 aromatic heterocycles. The van der Waals surface area contributed by atoms with Gasteiger partial charge in [-0.2, -0.15) is 0 Å². The zero-order valence-corrected chi connectivity index (χ0v) is 12.1. The Morgan fingerprint density at radius 1 is 1.29 bits per heavy atom. The third kappa shape index (κ3) is 5.51. The van der Waals surface area contributed by atoms with Crippen molar-refractivity contribution in [3.05, 3.63) is 45.9 Å². The van der Waals surface area contributed by atoms with Crippen molar-refractivity contribution in [1.82, 2.24) is 0 Å². The topological polar surface area (TPSA) is 17.1 Å². The molecule has 17 heavy (non-hydrogen) atoms. The molecule has 3 heteroatoms. The zero-order chi connectivity index (χ0) is 12.7. The van der Waals surface area contributed by atoms with Crippen LogP contribution in [0, 0.1) is 0 Å². The molecule has 0 atom stereocenters. The molecule has 0 radical (unpaired) electrons. The predicted molar refractivity (Wildman–Crippen MR) is 76.8 cm³/mol. The summed E-state index contributed by atoms with van der Waals surface area (Å²) in [5.74, 6) is 0.159. The normalized spacial score (nSPS) is 10.2. The Morgan fingerprint density at radius 3 is 2.71 bits per heavy atom. The molecule has 1 aromatic carbocycles. The number of benzene rings is 1. The summed E-state index contributed by atoms with van der Waals surface area (Å²) in [5.41, 5.74) is 0.688. The highest BCUT2D eigenvalue weighted by Crippen LogP contribution is 2.21. The van der Waals surface area contributed by atoms with Gasteiger partial charge in [-0.25, -0.2) is 0 Å². The lowest BCUT2D eigenvalue weighted by atomic mass is 10.0. The van der Waals surface area contributed by atoms with Gasteiger partial charge in [-0.3, -0.25) is 4.79 Å². The van der Waals surface area contributed by atoms with Gasteiger partial charge in [-0.15, -0.1) is 6.58 Å². The molecule has 0 unspecified atom stereocenters. The van der Waals surface area contributed by atoms with E-state index in [0.717, 1.165) is 30.2 Å². The first kappa shape index (κ1) is 14.5. The lowest BCUT2D eigenvalue weighted by Crippen LogP contribution is -1.99. The molecular weight excluding hydrogens is 300 g/mol. The average Bonchev–Trinajstić information content (AvgIpc) is 2.27. The van der Waals surface area contributed by atoms with Gasteiger partial charge in [0, 0.05) is 21.5 Å². The van der Waals surface area contributed by atoms with E-state index in [2.05, 4.69) is 22.5 Å². The summed E-state index contributed by atoms with van der Waals surface area (Å²) < 4.78 is 0.847. The maximum absolute atomic E-state index is 11.9. The van der Waals surface area contributed by atoms with Crippen molar-refractivity contribution in [2.75, 3.05) is 0 Å². The SMILES string of the molecule is C=CCCCCCC(=O)c1cc(Cl)cc(Br)c1. The Bertz CT molecular complexity index is 381. The molecule has 1 rings (SSSR count). The van der Waals surface area contributed by atoms with Crippen LogP contribution in [0.4, 0.5) is 0 Å². The fraction of sp³-hybridized carbons (Fsp3) is 0.357. The first-order chi connectivity index (χ1) is 8.13. The van der Waals surface area contributed by atoms with E-state index in [1.807, 2.05) is 12.1 Å². The zero-order valence-electron chi connectivity index (χ0n) is 9.72. The van der Waals surface area contributed by atoms with Crippen molar-refractivity contribution in [3.63, 3.8) is 0 Å². The number of halogens is 2. The van der Waals surface area contributed by atoms with Crippen LogP contribution >= 0.6 is 27.5 Å². The summed E-state index contributed by atoms with van der Waals surface area (Å²) in [6.45, 7) is 3.67. The van der Waals surface area contributed by atoms with Gasteiger partial charge in [0.1, 0.15) is 0 Å². The van der Waals surface area contributed by atoms with Crippen molar-refractivity contribution in [1.29, 1.82) is 0 Å². The molecule has 0 amide bonds. The molecule has 0 spiro atoms. The number of allylic oxidation sites excluding steroid dienone is 1. The molecule has 0 aliphatic carbocycles. The van der Waals surface area contributed by atoms with Gasteiger partial charge in [0.2, 0.25) is 0 Å². The predicted octanol–water partition coefficient (Wildman–Crippen LogP) is 5.42. The molecule has 1 nitrogen and oxygen atoms in total. The van der Waals surface area contributed by atoms with Gasteiger partial charge in [-0.05, 0) is 37.5 Å². The maximum Gasteiger partial charge on any atom is 0.162 e. The Morgan fingerprint density at radius 2 is 2.06 bits per heavy atom. The summed E-state index contributed by atoms with van der Waals surface area (Å²) in [6, 6.07) is 5.32. The number of carbonyl (C=O) groups is 1. The Balaban J connectivity index is 2.44. The summed E-state index contributed by atoms with van der Waals surface area (Å²) >= 11 is 9.24. The fourth-order valence-corrected chi connectivity index (χ4v) is 2.47. The largest absolute Gasteiger partial charge is 0.294 e. The number of Topliss-reactive ketones (excluding diaryl/α,β-unsaturated/α-hetero) is 1. The lowest BCUT2D eigenvalue weighted by Gasteiger charge is -2.03. The van der Waals surface area contributed by atoms with E-state index in [4.69, 9.17) is 11.6 Å². The molecular formula is C14H16BrClO. The number of ketones is 1. The minimum absolute atomic E-state index is 0.159. The van der Waals surface area contributed by atoms with E-state index in [9.17, 15) is 4.79 Å². The molecule has 0 fully saturated rings. The second kappa shape index (κ2) is 7.67. The Hall–Kier alpha value is -0.600. The smallest absolute Gasteiger partial charge is 0.162 e. The van der Waals surface area contributed by atoms with Crippen LogP contribution in [-0.2, 0) is 0 Å². The van der Waals surface area contributed by atoms with Gasteiger partial charge in [-0.1, -0.05) is 40.0 Å². The number of unbranched alkanes of at least 4 members (excludes halogenated alkanes) is 3. The molecule has 0 bridgehead atoms. The molecule has 0 aliphatic rings. The molecule has 0 saturated heterocycles. The molecule has 92 valence electrons. The number of rotatable bonds is 7. The standard InChI is InChI=1S/C14H16BrClO/c1-2-3-4-5-6-7-14(17)11-8-12(15)10-13(16)9-11/h2,8-10H,1,3-7H2. The van der Waals surface area contributed by atoms with Crippen LogP contribution in [-0.4, -0.2) is 5.78 Å². The van der Waals surface area contributed by atoms with Crippen LogP contribution < -0.4 is 0 Å². The number of hydrogen-bond donors (Lipinski definition) is 0. The van der Waals surface area contributed by atoms with Gasteiger partial charge < -0.3 is 0 Å². The highest BCUT2D eigenvalue weighted by Gasteiger charge is 2.07. The Kier molecular flexibility index (Phi) is 6.53. The second-order valence-electron chi connectivity index (χ2n) is 3.97. The van der Waals surface area contributed by atoms with E-state index in [1.54, 1.807) is 12.1 Å². The van der Waals surface area contributed by atoms with Crippen molar-refractivity contribution in [3.8, 4) is 0 Å². The minimum Gasteiger partial charge on any atom is -0.294 e. The molecule has 0 N–H and O–H groups in total. The highest BCUT2D eigenvalue weighted by molar-refractivity contribution is 9.10. The maximum atomic E-state index is 11.9. The summed E-state index contributed by atoms with van der Waals surface area (Å²) in [5, 5.41) is 0.592. The van der Waals surface area contributed by atoms with E-state index in [-0.39, 0.29) is 5.78 Å². The summed E-state index contributed by atoms with van der Waals surface area (Å²) in [6.07, 6.45) is 6.63. The lowest BCUT2D eigenvalue weighted by molar-refractivity contribution is 0.0979.